The van der Waals surface area contributed by atoms with E-state index in [4.69, 9.17) is 0 Å². The molecule has 0 bridgehead atoms. The van der Waals surface area contributed by atoms with Crippen LogP contribution in [0.25, 0.3) is 0 Å². The number of hydrogen-bond acceptors (Lipinski definition) is 5. The van der Waals surface area contributed by atoms with Crippen molar-refractivity contribution in [3.05, 3.63) is 35.5 Å². The van der Waals surface area contributed by atoms with Crippen molar-refractivity contribution in [2.24, 2.45) is 23.2 Å². The molecule has 0 heterocycles. The smallest absolute Gasteiger partial charge is 0.0849 e. The van der Waals surface area contributed by atoms with Crippen LogP contribution in [0.5, 0.6) is 0 Å². The Kier molecular flexibility index (Phi) is 9.94. The third-order valence-electron chi connectivity index (χ3n) is 9.86. The molecule has 212 valence electrons. The minimum Gasteiger partial charge on any atom is -0.393 e. The first kappa shape index (κ1) is 30.6. The molecule has 0 aromatic carbocycles. The Hall–Kier alpha value is -0.980. The van der Waals surface area contributed by atoms with E-state index < -0.39 is 29.5 Å². The predicted molar refractivity (Wildman–Crippen MR) is 150 cm³/mol. The summed E-state index contributed by atoms with van der Waals surface area (Å²) in [4.78, 5) is 0. The predicted octanol–water partition coefficient (Wildman–Crippen LogP) is 5.60. The summed E-state index contributed by atoms with van der Waals surface area (Å²) < 4.78 is 0. The van der Waals surface area contributed by atoms with Crippen LogP contribution >= 0.6 is 0 Å². The summed E-state index contributed by atoms with van der Waals surface area (Å²) in [5, 5.41) is 51.5. The summed E-state index contributed by atoms with van der Waals surface area (Å²) in [6.45, 7) is 13.7. The topological polar surface area (TPSA) is 101 Å². The van der Waals surface area contributed by atoms with Gasteiger partial charge in [0.1, 0.15) is 0 Å². The number of aliphatic hydroxyl groups excluding tert-OH is 3. The maximum absolute atomic E-state index is 10.6. The van der Waals surface area contributed by atoms with Crippen LogP contribution in [0.2, 0.25) is 0 Å². The lowest BCUT2D eigenvalue weighted by atomic mass is 9.60. The monoisotopic (exact) mass is 518 g/mol. The lowest BCUT2D eigenvalue weighted by Gasteiger charge is -2.45. The second-order valence-electron chi connectivity index (χ2n) is 13.9. The number of rotatable bonds is 10. The normalized spacial score (nSPS) is 35.1. The second-order valence-corrected chi connectivity index (χ2v) is 13.9. The SMILES string of the molecule is C=C1/C(=C\C=C2/CCC[C@@]3(C)C2CC[C@@H]3[C@H](CCCC(C)(C)O)CC[C@@H](O)C(C)(C)O)C[C@@H](O)C[C@@H]1O. The van der Waals surface area contributed by atoms with E-state index in [-0.39, 0.29) is 5.41 Å². The van der Waals surface area contributed by atoms with Crippen molar-refractivity contribution in [2.45, 2.75) is 141 Å². The van der Waals surface area contributed by atoms with Gasteiger partial charge in [0.25, 0.3) is 0 Å². The zero-order chi connectivity index (χ0) is 27.6. The van der Waals surface area contributed by atoms with E-state index in [1.165, 1.54) is 24.8 Å². The van der Waals surface area contributed by atoms with Crippen LogP contribution in [0, 0.1) is 23.2 Å². The minimum absolute atomic E-state index is 0.199. The van der Waals surface area contributed by atoms with Crippen molar-refractivity contribution in [3.63, 3.8) is 0 Å². The van der Waals surface area contributed by atoms with E-state index in [1.807, 2.05) is 13.8 Å². The summed E-state index contributed by atoms with van der Waals surface area (Å²) in [5.74, 6) is 1.53. The van der Waals surface area contributed by atoms with Gasteiger partial charge in [0, 0.05) is 6.42 Å². The molecule has 3 aliphatic rings. The summed E-state index contributed by atoms with van der Waals surface area (Å²) in [5.41, 5.74) is 1.62. The average Bonchev–Trinajstić information content (AvgIpc) is 3.13. The highest BCUT2D eigenvalue weighted by Gasteiger charge is 2.51. The van der Waals surface area contributed by atoms with Gasteiger partial charge < -0.3 is 25.5 Å². The summed E-state index contributed by atoms with van der Waals surface area (Å²) in [6.07, 6.45) is 13.4. The maximum Gasteiger partial charge on any atom is 0.0849 e. The average molecular weight is 519 g/mol. The second kappa shape index (κ2) is 12.0. The number of fused-ring (bicyclic) bond motifs is 1. The molecule has 3 saturated carbocycles. The van der Waals surface area contributed by atoms with Crippen molar-refractivity contribution in [2.75, 3.05) is 0 Å². The Morgan fingerprint density at radius 3 is 2.41 bits per heavy atom. The van der Waals surface area contributed by atoms with Gasteiger partial charge in [-0.1, -0.05) is 44.1 Å². The molecule has 3 aliphatic carbocycles. The van der Waals surface area contributed by atoms with Crippen LogP contribution in [0.1, 0.15) is 112 Å². The van der Waals surface area contributed by atoms with E-state index >= 15 is 0 Å². The first-order valence-corrected chi connectivity index (χ1v) is 14.7. The van der Waals surface area contributed by atoms with E-state index in [9.17, 15) is 25.5 Å². The van der Waals surface area contributed by atoms with Gasteiger partial charge >= 0.3 is 0 Å². The largest absolute Gasteiger partial charge is 0.393 e. The Balaban J connectivity index is 1.79. The third-order valence-corrected chi connectivity index (χ3v) is 9.86. The molecule has 0 radical (unpaired) electrons. The molecule has 1 unspecified atom stereocenters. The van der Waals surface area contributed by atoms with Crippen molar-refractivity contribution in [1.82, 2.24) is 0 Å². The highest BCUT2D eigenvalue weighted by Crippen LogP contribution is 2.60. The van der Waals surface area contributed by atoms with Crippen LogP contribution in [0.15, 0.2) is 35.5 Å². The first-order chi connectivity index (χ1) is 17.1. The quantitative estimate of drug-likeness (QED) is 0.259. The van der Waals surface area contributed by atoms with Gasteiger partial charge in [-0.3, -0.25) is 0 Å². The Bertz CT molecular complexity index is 844. The van der Waals surface area contributed by atoms with Crippen molar-refractivity contribution in [1.29, 1.82) is 0 Å². The van der Waals surface area contributed by atoms with Crippen molar-refractivity contribution in [3.8, 4) is 0 Å². The molecule has 3 rings (SSSR count). The fraction of sp³-hybridized carbons (Fsp3) is 0.812. The lowest BCUT2D eigenvalue weighted by molar-refractivity contribution is -0.0563. The van der Waals surface area contributed by atoms with Gasteiger partial charge in [-0.25, -0.2) is 0 Å². The summed E-state index contributed by atoms with van der Waals surface area (Å²) in [7, 11) is 0. The summed E-state index contributed by atoms with van der Waals surface area (Å²) in [6, 6.07) is 0. The molecule has 5 N–H and O–H groups in total. The fourth-order valence-electron chi connectivity index (χ4n) is 7.59. The molecule has 5 nitrogen and oxygen atoms in total. The number of aliphatic hydroxyl groups is 5. The molecule has 0 aliphatic heterocycles. The number of hydrogen-bond donors (Lipinski definition) is 5. The zero-order valence-corrected chi connectivity index (χ0v) is 24.0. The van der Waals surface area contributed by atoms with Crippen LogP contribution in [0.3, 0.4) is 0 Å². The van der Waals surface area contributed by atoms with Gasteiger partial charge in [-0.05, 0) is 120 Å². The highest BCUT2D eigenvalue weighted by molar-refractivity contribution is 5.38. The molecule has 5 heteroatoms. The van der Waals surface area contributed by atoms with E-state index in [0.717, 1.165) is 49.7 Å². The molecule has 0 amide bonds. The molecular formula is C32H54O5. The first-order valence-electron chi connectivity index (χ1n) is 14.7. The lowest BCUT2D eigenvalue weighted by Crippen LogP contribution is -2.39. The molecule has 0 spiro atoms. The van der Waals surface area contributed by atoms with Crippen LogP contribution in [0.4, 0.5) is 0 Å². The molecule has 0 aromatic rings. The van der Waals surface area contributed by atoms with Crippen LogP contribution < -0.4 is 0 Å². The fourth-order valence-corrected chi connectivity index (χ4v) is 7.59. The molecule has 7 atom stereocenters. The van der Waals surface area contributed by atoms with Crippen LogP contribution in [-0.4, -0.2) is 55.0 Å². The maximum atomic E-state index is 10.6. The Morgan fingerprint density at radius 1 is 1.05 bits per heavy atom. The van der Waals surface area contributed by atoms with Gasteiger partial charge in [0.05, 0.1) is 29.5 Å². The zero-order valence-electron chi connectivity index (χ0n) is 24.0. The molecule has 37 heavy (non-hydrogen) atoms. The number of allylic oxidation sites excluding steroid dienone is 3. The van der Waals surface area contributed by atoms with Crippen molar-refractivity contribution >= 4 is 0 Å². The van der Waals surface area contributed by atoms with Crippen molar-refractivity contribution < 1.29 is 25.5 Å². The van der Waals surface area contributed by atoms with Gasteiger partial charge in [0.2, 0.25) is 0 Å². The summed E-state index contributed by atoms with van der Waals surface area (Å²) >= 11 is 0. The van der Waals surface area contributed by atoms with E-state index in [0.29, 0.717) is 37.0 Å². The van der Waals surface area contributed by atoms with Gasteiger partial charge in [-0.15, -0.1) is 0 Å². The van der Waals surface area contributed by atoms with Gasteiger partial charge in [0.15, 0.2) is 0 Å². The minimum atomic E-state index is -1.10. The molecule has 3 fully saturated rings. The molecular weight excluding hydrogens is 464 g/mol. The third kappa shape index (κ3) is 7.79. The standard InChI is InChI=1S/C32H54O5/c1-21-24(19-25(33)20-28(21)34)12-11-22-10-8-18-32(6)26(22)14-15-27(32)23(9-7-17-30(2,3)36)13-16-29(35)31(4,5)37/h11-12,23,25-29,33-37H,1,7-10,13-20H2,2-6H3/b22-11+,24-12-/t23-,25-,26?,27-,28+,29-,32+/m1/s1. The Labute approximate surface area is 225 Å². The van der Waals surface area contributed by atoms with Gasteiger partial charge in [-0.2, -0.15) is 0 Å². The Morgan fingerprint density at radius 2 is 1.76 bits per heavy atom. The van der Waals surface area contributed by atoms with E-state index in [1.54, 1.807) is 13.8 Å². The van der Waals surface area contributed by atoms with Crippen LogP contribution in [-0.2, 0) is 0 Å². The van der Waals surface area contributed by atoms with E-state index in [2.05, 4.69) is 25.7 Å². The molecule has 0 saturated heterocycles. The highest BCUT2D eigenvalue weighted by atomic mass is 16.3. The molecule has 0 aromatic heterocycles.